The highest BCUT2D eigenvalue weighted by Crippen LogP contribution is 2.19. The van der Waals surface area contributed by atoms with Crippen LogP contribution in [0.15, 0.2) is 0 Å². The number of nitrogens with one attached hydrogen (secondary N) is 2. The van der Waals surface area contributed by atoms with E-state index in [9.17, 15) is 0 Å². The van der Waals surface area contributed by atoms with Crippen molar-refractivity contribution in [1.82, 2.24) is 16.0 Å². The van der Waals surface area contributed by atoms with Gasteiger partial charge in [-0.15, -0.1) is 0 Å². The molecular weight excluding hydrogens is 162 g/mol. The van der Waals surface area contributed by atoms with Gasteiger partial charge in [-0.25, -0.2) is 10.9 Å². The summed E-state index contributed by atoms with van der Waals surface area (Å²) < 4.78 is 0. The molecule has 78 valence electrons. The highest BCUT2D eigenvalue weighted by atomic mass is 15.8. The Hall–Kier alpha value is -0.120. The summed E-state index contributed by atoms with van der Waals surface area (Å²) in [5, 5.41) is 1.99. The van der Waals surface area contributed by atoms with Crippen LogP contribution < -0.4 is 10.9 Å². The summed E-state index contributed by atoms with van der Waals surface area (Å²) in [5.74, 6) is 0.840. The average Bonchev–Trinajstić information content (AvgIpc) is 2.51. The molecule has 0 radical (unpaired) electrons. The van der Waals surface area contributed by atoms with Crippen molar-refractivity contribution in [2.45, 2.75) is 45.6 Å². The molecule has 3 heteroatoms. The molecular formula is C10H23N3. The third-order valence-corrected chi connectivity index (χ3v) is 2.80. The van der Waals surface area contributed by atoms with Crippen molar-refractivity contribution in [3.8, 4) is 0 Å². The standard InChI is InChI=1S/C10H23N3/c1-4-6-9(7-5-2)10-8-11-13(3)12-10/h9-12H,4-8H2,1-3H3. The average molecular weight is 185 g/mol. The fourth-order valence-corrected chi connectivity index (χ4v) is 2.14. The lowest BCUT2D eigenvalue weighted by atomic mass is 9.91. The van der Waals surface area contributed by atoms with Gasteiger partial charge in [0.05, 0.1) is 0 Å². The number of hydrogen-bond acceptors (Lipinski definition) is 3. The molecule has 1 saturated heterocycles. The summed E-state index contributed by atoms with van der Waals surface area (Å²) in [4.78, 5) is 0. The predicted octanol–water partition coefficient (Wildman–Crippen LogP) is 1.53. The van der Waals surface area contributed by atoms with Gasteiger partial charge in [0.2, 0.25) is 0 Å². The highest BCUT2D eigenvalue weighted by Gasteiger charge is 2.25. The van der Waals surface area contributed by atoms with Gasteiger partial charge < -0.3 is 0 Å². The Balaban J connectivity index is 2.35. The van der Waals surface area contributed by atoms with E-state index in [1.54, 1.807) is 0 Å². The van der Waals surface area contributed by atoms with Gasteiger partial charge in [-0.1, -0.05) is 26.7 Å². The topological polar surface area (TPSA) is 27.3 Å². The summed E-state index contributed by atoms with van der Waals surface area (Å²) in [7, 11) is 2.04. The second kappa shape index (κ2) is 5.58. The van der Waals surface area contributed by atoms with Gasteiger partial charge in [-0.05, 0) is 18.8 Å². The zero-order valence-corrected chi connectivity index (χ0v) is 9.14. The molecule has 0 spiro atoms. The van der Waals surface area contributed by atoms with Crippen molar-refractivity contribution in [2.24, 2.45) is 5.92 Å². The molecule has 1 atom stereocenters. The van der Waals surface area contributed by atoms with Gasteiger partial charge >= 0.3 is 0 Å². The molecule has 1 heterocycles. The number of nitrogens with zero attached hydrogens (tertiary/aromatic N) is 1. The molecule has 0 aliphatic carbocycles. The first kappa shape index (κ1) is 11.0. The Labute approximate surface area is 81.8 Å². The maximum atomic E-state index is 3.45. The van der Waals surface area contributed by atoms with E-state index in [0.29, 0.717) is 6.04 Å². The van der Waals surface area contributed by atoms with E-state index in [1.807, 2.05) is 12.2 Å². The molecule has 0 amide bonds. The van der Waals surface area contributed by atoms with Crippen molar-refractivity contribution in [3.63, 3.8) is 0 Å². The molecule has 0 aromatic carbocycles. The van der Waals surface area contributed by atoms with E-state index in [0.717, 1.165) is 12.5 Å². The number of hydrogen-bond donors (Lipinski definition) is 2. The zero-order valence-electron chi connectivity index (χ0n) is 9.14. The molecule has 2 N–H and O–H groups in total. The van der Waals surface area contributed by atoms with E-state index < -0.39 is 0 Å². The van der Waals surface area contributed by atoms with Crippen LogP contribution in [0.5, 0.6) is 0 Å². The number of rotatable bonds is 5. The SMILES string of the molecule is CCCC(CCC)C1CNN(C)N1. The lowest BCUT2D eigenvalue weighted by Gasteiger charge is -2.22. The highest BCUT2D eigenvalue weighted by molar-refractivity contribution is 4.79. The lowest BCUT2D eigenvalue weighted by molar-refractivity contribution is 0.201. The first-order valence-electron chi connectivity index (χ1n) is 5.51. The monoisotopic (exact) mass is 185 g/mol. The fraction of sp³-hybridized carbons (Fsp3) is 1.00. The van der Waals surface area contributed by atoms with Crippen LogP contribution in [0.3, 0.4) is 0 Å². The van der Waals surface area contributed by atoms with Crippen molar-refractivity contribution in [3.05, 3.63) is 0 Å². The molecule has 0 bridgehead atoms. The van der Waals surface area contributed by atoms with Gasteiger partial charge in [0.25, 0.3) is 0 Å². The Morgan fingerprint density at radius 2 is 1.92 bits per heavy atom. The van der Waals surface area contributed by atoms with Crippen LogP contribution in [0.2, 0.25) is 0 Å². The van der Waals surface area contributed by atoms with Crippen molar-refractivity contribution in [1.29, 1.82) is 0 Å². The van der Waals surface area contributed by atoms with Crippen molar-refractivity contribution < 1.29 is 0 Å². The fourth-order valence-electron chi connectivity index (χ4n) is 2.14. The maximum absolute atomic E-state index is 3.45. The third kappa shape index (κ3) is 3.25. The second-order valence-electron chi connectivity index (χ2n) is 3.99. The van der Waals surface area contributed by atoms with Gasteiger partial charge in [-0.2, -0.15) is 5.12 Å². The first-order valence-corrected chi connectivity index (χ1v) is 5.51. The van der Waals surface area contributed by atoms with Gasteiger partial charge in [0.1, 0.15) is 0 Å². The van der Waals surface area contributed by atoms with E-state index in [4.69, 9.17) is 0 Å². The van der Waals surface area contributed by atoms with Crippen LogP contribution in [0.25, 0.3) is 0 Å². The van der Waals surface area contributed by atoms with Crippen LogP contribution in [0, 0.1) is 5.92 Å². The molecule has 1 unspecified atom stereocenters. The number of hydrazine groups is 2. The minimum absolute atomic E-state index is 0.643. The third-order valence-electron chi connectivity index (χ3n) is 2.80. The molecule has 13 heavy (non-hydrogen) atoms. The molecule has 0 aromatic heterocycles. The van der Waals surface area contributed by atoms with Gasteiger partial charge in [0, 0.05) is 19.6 Å². The second-order valence-corrected chi connectivity index (χ2v) is 3.99. The summed E-state index contributed by atoms with van der Waals surface area (Å²) in [6.07, 6.45) is 5.29. The Morgan fingerprint density at radius 3 is 2.31 bits per heavy atom. The predicted molar refractivity (Wildman–Crippen MR) is 56.0 cm³/mol. The quantitative estimate of drug-likeness (QED) is 0.680. The van der Waals surface area contributed by atoms with Crippen LogP contribution >= 0.6 is 0 Å². The smallest absolute Gasteiger partial charge is 0.0395 e. The Morgan fingerprint density at radius 1 is 1.31 bits per heavy atom. The zero-order chi connectivity index (χ0) is 9.68. The van der Waals surface area contributed by atoms with E-state index in [-0.39, 0.29) is 0 Å². The first-order chi connectivity index (χ1) is 6.27. The minimum atomic E-state index is 0.643. The van der Waals surface area contributed by atoms with Crippen LogP contribution in [0.4, 0.5) is 0 Å². The van der Waals surface area contributed by atoms with Crippen LogP contribution in [-0.4, -0.2) is 24.8 Å². The lowest BCUT2D eigenvalue weighted by Crippen LogP contribution is -2.39. The normalized spacial score (nSPS) is 24.5. The molecule has 1 fully saturated rings. The van der Waals surface area contributed by atoms with E-state index in [2.05, 4.69) is 24.7 Å². The van der Waals surface area contributed by atoms with Crippen LogP contribution in [-0.2, 0) is 0 Å². The summed E-state index contributed by atoms with van der Waals surface area (Å²) in [6, 6.07) is 0.643. The minimum Gasteiger partial charge on any atom is -0.240 e. The van der Waals surface area contributed by atoms with Gasteiger partial charge in [-0.3, -0.25) is 0 Å². The Kier molecular flexibility index (Phi) is 4.70. The van der Waals surface area contributed by atoms with Gasteiger partial charge in [0.15, 0.2) is 0 Å². The molecule has 1 rings (SSSR count). The maximum Gasteiger partial charge on any atom is 0.0395 e. The molecule has 0 saturated carbocycles. The van der Waals surface area contributed by atoms with Crippen molar-refractivity contribution in [2.75, 3.05) is 13.6 Å². The summed E-state index contributed by atoms with van der Waals surface area (Å²) >= 11 is 0. The van der Waals surface area contributed by atoms with E-state index >= 15 is 0 Å². The van der Waals surface area contributed by atoms with Crippen molar-refractivity contribution >= 4 is 0 Å². The molecule has 1 aliphatic rings. The largest absolute Gasteiger partial charge is 0.240 e. The van der Waals surface area contributed by atoms with E-state index in [1.165, 1.54) is 25.7 Å². The molecule has 3 nitrogen and oxygen atoms in total. The summed E-state index contributed by atoms with van der Waals surface area (Å²) in [6.45, 7) is 5.63. The molecule has 1 aliphatic heterocycles. The summed E-state index contributed by atoms with van der Waals surface area (Å²) in [5.41, 5.74) is 6.73. The molecule has 0 aromatic rings. The Bertz CT molecular complexity index is 132. The van der Waals surface area contributed by atoms with Crippen LogP contribution in [0.1, 0.15) is 39.5 Å².